The molecule has 0 heterocycles. The summed E-state index contributed by atoms with van der Waals surface area (Å²) >= 11 is 0. The van der Waals surface area contributed by atoms with Crippen LogP contribution in [-0.2, 0) is 6.42 Å². The van der Waals surface area contributed by atoms with E-state index >= 15 is 0 Å². The van der Waals surface area contributed by atoms with Gasteiger partial charge in [-0.1, -0.05) is 19.1 Å². The molecule has 2 N–H and O–H groups in total. The van der Waals surface area contributed by atoms with E-state index in [-0.39, 0.29) is 5.82 Å². The highest BCUT2D eigenvalue weighted by Gasteiger charge is 2.27. The summed E-state index contributed by atoms with van der Waals surface area (Å²) in [6.45, 7) is 3.41. The first-order valence-corrected chi connectivity index (χ1v) is 5.10. The van der Waals surface area contributed by atoms with Gasteiger partial charge in [-0.15, -0.1) is 0 Å². The number of hydrogen-bond acceptors (Lipinski definition) is 2. The molecule has 0 saturated heterocycles. The minimum Gasteiger partial charge on any atom is -0.390 e. The van der Waals surface area contributed by atoms with E-state index in [1.807, 2.05) is 6.92 Å². The average molecular weight is 212 g/mol. The summed E-state index contributed by atoms with van der Waals surface area (Å²) in [5.74, 6) is -0.296. The third-order valence-corrected chi connectivity index (χ3v) is 2.78. The number of halogens is 1. The molecule has 15 heavy (non-hydrogen) atoms. The molecular formula is C12H17FO2. The highest BCUT2D eigenvalue weighted by Crippen LogP contribution is 2.18. The van der Waals surface area contributed by atoms with E-state index in [2.05, 4.69) is 0 Å². The Kier molecular flexibility index (Phi) is 3.83. The van der Waals surface area contributed by atoms with Crippen LogP contribution >= 0.6 is 0 Å². The Hall–Kier alpha value is -0.930. The van der Waals surface area contributed by atoms with E-state index in [4.69, 9.17) is 0 Å². The molecule has 0 radical (unpaired) electrons. The fourth-order valence-electron chi connectivity index (χ4n) is 1.30. The van der Waals surface area contributed by atoms with Crippen LogP contribution in [0.5, 0.6) is 0 Å². The molecule has 2 atom stereocenters. The average Bonchev–Trinajstić information content (AvgIpc) is 2.21. The first-order chi connectivity index (χ1) is 6.95. The summed E-state index contributed by atoms with van der Waals surface area (Å²) in [5.41, 5.74) is -0.272. The van der Waals surface area contributed by atoms with Crippen molar-refractivity contribution < 1.29 is 14.6 Å². The third-order valence-electron chi connectivity index (χ3n) is 2.78. The van der Waals surface area contributed by atoms with Crippen molar-refractivity contribution in [2.24, 2.45) is 0 Å². The topological polar surface area (TPSA) is 40.5 Å². The Bertz CT molecular complexity index is 306. The van der Waals surface area contributed by atoms with Crippen molar-refractivity contribution in [3.63, 3.8) is 0 Å². The van der Waals surface area contributed by atoms with Gasteiger partial charge in [0.2, 0.25) is 0 Å². The van der Waals surface area contributed by atoms with E-state index < -0.39 is 11.7 Å². The summed E-state index contributed by atoms with van der Waals surface area (Å²) in [6.07, 6.45) is -0.0100. The maximum atomic E-state index is 12.6. The van der Waals surface area contributed by atoms with E-state index in [1.165, 1.54) is 12.1 Å². The first kappa shape index (κ1) is 12.1. The molecule has 84 valence electrons. The van der Waals surface area contributed by atoms with Gasteiger partial charge < -0.3 is 10.2 Å². The molecule has 3 heteroatoms. The largest absolute Gasteiger partial charge is 0.390 e. The van der Waals surface area contributed by atoms with Crippen molar-refractivity contribution in [1.82, 2.24) is 0 Å². The zero-order valence-electron chi connectivity index (χ0n) is 9.07. The number of benzene rings is 1. The Labute approximate surface area is 89.4 Å². The van der Waals surface area contributed by atoms with Gasteiger partial charge in [0.25, 0.3) is 0 Å². The van der Waals surface area contributed by atoms with Gasteiger partial charge in [0, 0.05) is 6.42 Å². The molecular weight excluding hydrogens is 195 g/mol. The molecule has 0 bridgehead atoms. The molecule has 0 spiro atoms. The van der Waals surface area contributed by atoms with E-state index in [0.29, 0.717) is 12.8 Å². The Morgan fingerprint density at radius 3 is 2.33 bits per heavy atom. The summed E-state index contributed by atoms with van der Waals surface area (Å²) in [5, 5.41) is 19.5. The Morgan fingerprint density at radius 2 is 1.87 bits per heavy atom. The lowest BCUT2D eigenvalue weighted by Crippen LogP contribution is -2.39. The fourth-order valence-corrected chi connectivity index (χ4v) is 1.30. The van der Waals surface area contributed by atoms with Crippen LogP contribution in [0.3, 0.4) is 0 Å². The monoisotopic (exact) mass is 212 g/mol. The standard InChI is InChI=1S/C12H17FO2/c1-3-12(2,15)11(14)8-9-4-6-10(13)7-5-9/h4-7,11,14-15H,3,8H2,1-2H3. The maximum absolute atomic E-state index is 12.6. The van der Waals surface area contributed by atoms with Gasteiger partial charge in [-0.25, -0.2) is 4.39 Å². The molecule has 2 nitrogen and oxygen atoms in total. The zero-order valence-corrected chi connectivity index (χ0v) is 9.07. The predicted octanol–water partition coefficient (Wildman–Crippen LogP) is 1.89. The maximum Gasteiger partial charge on any atom is 0.123 e. The van der Waals surface area contributed by atoms with Gasteiger partial charge in [0.15, 0.2) is 0 Å². The lowest BCUT2D eigenvalue weighted by Gasteiger charge is -2.27. The summed E-state index contributed by atoms with van der Waals surface area (Å²) < 4.78 is 12.6. The number of rotatable bonds is 4. The Morgan fingerprint density at radius 1 is 1.33 bits per heavy atom. The summed E-state index contributed by atoms with van der Waals surface area (Å²) in [7, 11) is 0. The smallest absolute Gasteiger partial charge is 0.123 e. The van der Waals surface area contributed by atoms with E-state index in [1.54, 1.807) is 19.1 Å². The van der Waals surface area contributed by atoms with Gasteiger partial charge in [-0.2, -0.15) is 0 Å². The molecule has 1 aromatic rings. The van der Waals surface area contributed by atoms with Gasteiger partial charge in [-0.3, -0.25) is 0 Å². The van der Waals surface area contributed by atoms with Crippen LogP contribution < -0.4 is 0 Å². The predicted molar refractivity (Wildman–Crippen MR) is 57.0 cm³/mol. The van der Waals surface area contributed by atoms with Crippen molar-refractivity contribution in [2.45, 2.75) is 38.4 Å². The van der Waals surface area contributed by atoms with Gasteiger partial charge in [-0.05, 0) is 31.0 Å². The first-order valence-electron chi connectivity index (χ1n) is 5.10. The molecule has 1 rings (SSSR count). The normalized spacial score (nSPS) is 17.1. The van der Waals surface area contributed by atoms with Crippen molar-refractivity contribution in [1.29, 1.82) is 0 Å². The van der Waals surface area contributed by atoms with E-state index in [9.17, 15) is 14.6 Å². The molecule has 0 saturated carbocycles. The summed E-state index contributed by atoms with van der Waals surface area (Å²) in [4.78, 5) is 0. The van der Waals surface area contributed by atoms with Crippen molar-refractivity contribution in [2.75, 3.05) is 0 Å². The molecule has 0 fully saturated rings. The molecule has 1 aromatic carbocycles. The van der Waals surface area contributed by atoms with Crippen LogP contribution in [0.4, 0.5) is 4.39 Å². The van der Waals surface area contributed by atoms with Gasteiger partial charge >= 0.3 is 0 Å². The summed E-state index contributed by atoms with van der Waals surface area (Å²) in [6, 6.07) is 5.93. The van der Waals surface area contributed by atoms with Crippen LogP contribution in [0.2, 0.25) is 0 Å². The van der Waals surface area contributed by atoms with Crippen LogP contribution in [0.25, 0.3) is 0 Å². The van der Waals surface area contributed by atoms with Gasteiger partial charge in [0.1, 0.15) is 5.82 Å². The minimum atomic E-state index is -1.09. The highest BCUT2D eigenvalue weighted by molar-refractivity contribution is 5.17. The van der Waals surface area contributed by atoms with Crippen molar-refractivity contribution in [3.05, 3.63) is 35.6 Å². The number of aliphatic hydroxyl groups is 2. The Balaban J connectivity index is 2.66. The second-order valence-corrected chi connectivity index (χ2v) is 4.06. The van der Waals surface area contributed by atoms with Crippen LogP contribution in [0, 0.1) is 5.82 Å². The third kappa shape index (κ3) is 3.29. The van der Waals surface area contributed by atoms with Crippen molar-refractivity contribution >= 4 is 0 Å². The highest BCUT2D eigenvalue weighted by atomic mass is 19.1. The molecule has 0 amide bonds. The lowest BCUT2D eigenvalue weighted by molar-refractivity contribution is -0.0629. The minimum absolute atomic E-state index is 0.296. The van der Waals surface area contributed by atoms with Gasteiger partial charge in [0.05, 0.1) is 11.7 Å². The molecule has 2 unspecified atom stereocenters. The second kappa shape index (κ2) is 4.73. The lowest BCUT2D eigenvalue weighted by atomic mass is 9.91. The van der Waals surface area contributed by atoms with Crippen LogP contribution in [0.15, 0.2) is 24.3 Å². The second-order valence-electron chi connectivity index (χ2n) is 4.06. The molecule has 0 aliphatic carbocycles. The molecule has 0 aromatic heterocycles. The number of aliphatic hydroxyl groups excluding tert-OH is 1. The molecule has 0 aliphatic rings. The quantitative estimate of drug-likeness (QED) is 0.800. The van der Waals surface area contributed by atoms with Crippen molar-refractivity contribution in [3.8, 4) is 0 Å². The molecule has 0 aliphatic heterocycles. The van der Waals surface area contributed by atoms with Crippen LogP contribution in [0.1, 0.15) is 25.8 Å². The fraction of sp³-hybridized carbons (Fsp3) is 0.500. The SMILES string of the molecule is CCC(C)(O)C(O)Cc1ccc(F)cc1. The van der Waals surface area contributed by atoms with Crippen LogP contribution in [-0.4, -0.2) is 21.9 Å². The zero-order chi connectivity index (χ0) is 11.5. The van der Waals surface area contributed by atoms with E-state index in [0.717, 1.165) is 5.56 Å². The number of hydrogen-bond donors (Lipinski definition) is 2.